The topological polar surface area (TPSA) is 83.5 Å². The monoisotopic (exact) mass is 337 g/mol. The number of carboxylic acids is 1. The van der Waals surface area contributed by atoms with Crippen molar-refractivity contribution in [2.75, 3.05) is 0 Å². The number of carboxylic acid groups (broad SMARTS) is 1. The first-order chi connectivity index (χ1) is 10.8. The molecule has 2 saturated carbocycles. The molecule has 23 heavy (non-hydrogen) atoms. The van der Waals surface area contributed by atoms with Gasteiger partial charge in [-0.25, -0.2) is 13.1 Å². The van der Waals surface area contributed by atoms with Crippen molar-refractivity contribution in [2.24, 2.45) is 11.3 Å². The summed E-state index contributed by atoms with van der Waals surface area (Å²) in [5.41, 5.74) is 1.19. The Balaban J connectivity index is 1.56. The number of aryl methyl sites for hydroxylation is 1. The fraction of sp³-hybridized carbons (Fsp3) is 0.588. The van der Waals surface area contributed by atoms with Gasteiger partial charge in [0.05, 0.1) is 10.8 Å². The standard InChI is InChI=1S/C17H23NO4S/c1-12-2-4-15(5-3-12)23(21,22)18-14-10-17(11-14)8-6-13(7-9-17)16(19)20/h2-5,13-14,18H,6-11H2,1H3,(H,19,20). The number of hydrogen-bond donors (Lipinski definition) is 2. The average molecular weight is 337 g/mol. The van der Waals surface area contributed by atoms with Gasteiger partial charge >= 0.3 is 5.97 Å². The lowest BCUT2D eigenvalue weighted by Crippen LogP contribution is -2.52. The minimum Gasteiger partial charge on any atom is -0.481 e. The van der Waals surface area contributed by atoms with Crippen molar-refractivity contribution in [1.82, 2.24) is 4.72 Å². The van der Waals surface area contributed by atoms with Gasteiger partial charge in [-0.2, -0.15) is 0 Å². The Kier molecular flexibility index (Phi) is 4.23. The van der Waals surface area contributed by atoms with Gasteiger partial charge in [-0.1, -0.05) is 17.7 Å². The maximum Gasteiger partial charge on any atom is 0.306 e. The third-order valence-corrected chi connectivity index (χ3v) is 6.94. The van der Waals surface area contributed by atoms with Crippen molar-refractivity contribution in [2.45, 2.75) is 56.4 Å². The summed E-state index contributed by atoms with van der Waals surface area (Å²) in [7, 11) is -3.46. The van der Waals surface area contributed by atoms with Crippen molar-refractivity contribution < 1.29 is 18.3 Å². The maximum atomic E-state index is 12.4. The zero-order chi connectivity index (χ0) is 16.7. The van der Waals surface area contributed by atoms with Crippen LogP contribution in [0.1, 0.15) is 44.1 Å². The summed E-state index contributed by atoms with van der Waals surface area (Å²) >= 11 is 0. The fourth-order valence-corrected chi connectivity index (χ4v) is 5.20. The Morgan fingerprint density at radius 2 is 1.74 bits per heavy atom. The summed E-state index contributed by atoms with van der Waals surface area (Å²) in [4.78, 5) is 11.3. The summed E-state index contributed by atoms with van der Waals surface area (Å²) in [6.07, 6.45) is 4.87. The molecule has 5 nitrogen and oxygen atoms in total. The van der Waals surface area contributed by atoms with Crippen molar-refractivity contribution >= 4 is 16.0 Å². The molecule has 1 spiro atoms. The van der Waals surface area contributed by atoms with Crippen molar-refractivity contribution in [3.63, 3.8) is 0 Å². The molecular formula is C17H23NO4S. The summed E-state index contributed by atoms with van der Waals surface area (Å²) in [5, 5.41) is 9.06. The predicted octanol–water partition coefficient (Wildman–Crippen LogP) is 2.70. The second kappa shape index (κ2) is 5.91. The first-order valence-corrected chi connectivity index (χ1v) is 9.60. The van der Waals surface area contributed by atoms with Crippen LogP contribution in [0.3, 0.4) is 0 Å². The first-order valence-electron chi connectivity index (χ1n) is 8.12. The fourth-order valence-electron chi connectivity index (χ4n) is 3.96. The Labute approximate surface area is 137 Å². The number of carbonyl (C=O) groups is 1. The van der Waals surface area contributed by atoms with Crippen LogP contribution in [-0.2, 0) is 14.8 Å². The molecule has 0 amide bonds. The summed E-state index contributed by atoms with van der Waals surface area (Å²) in [6, 6.07) is 6.82. The van der Waals surface area contributed by atoms with Crippen molar-refractivity contribution in [3.05, 3.63) is 29.8 Å². The van der Waals surface area contributed by atoms with E-state index < -0.39 is 16.0 Å². The van der Waals surface area contributed by atoms with Crippen LogP contribution in [0.5, 0.6) is 0 Å². The van der Waals surface area contributed by atoms with Crippen LogP contribution in [0, 0.1) is 18.3 Å². The van der Waals surface area contributed by atoms with Crippen LogP contribution < -0.4 is 4.72 Å². The van der Waals surface area contributed by atoms with Gasteiger partial charge in [-0.15, -0.1) is 0 Å². The molecule has 3 rings (SSSR count). The number of sulfonamides is 1. The first kappa shape index (κ1) is 16.5. The Morgan fingerprint density at radius 1 is 1.17 bits per heavy atom. The molecular weight excluding hydrogens is 314 g/mol. The molecule has 126 valence electrons. The highest BCUT2D eigenvalue weighted by Gasteiger charge is 2.47. The van der Waals surface area contributed by atoms with E-state index in [2.05, 4.69) is 4.72 Å². The molecule has 1 aromatic carbocycles. The van der Waals surface area contributed by atoms with Gasteiger partial charge in [-0.3, -0.25) is 4.79 Å². The molecule has 0 bridgehead atoms. The largest absolute Gasteiger partial charge is 0.481 e. The van der Waals surface area contributed by atoms with E-state index in [4.69, 9.17) is 5.11 Å². The van der Waals surface area contributed by atoms with Gasteiger partial charge in [0.25, 0.3) is 0 Å². The van der Waals surface area contributed by atoms with Crippen molar-refractivity contribution in [3.8, 4) is 0 Å². The summed E-state index contributed by atoms with van der Waals surface area (Å²) < 4.78 is 27.5. The van der Waals surface area contributed by atoms with Gasteiger partial charge in [0.2, 0.25) is 10.0 Å². The molecule has 2 N–H and O–H groups in total. The minimum absolute atomic E-state index is 0.0253. The van der Waals surface area contributed by atoms with E-state index in [-0.39, 0.29) is 17.4 Å². The zero-order valence-corrected chi connectivity index (χ0v) is 14.1. The lowest BCUT2D eigenvalue weighted by atomic mass is 9.57. The summed E-state index contributed by atoms with van der Waals surface area (Å²) in [5.74, 6) is -0.917. The van der Waals surface area contributed by atoms with E-state index in [1.807, 2.05) is 6.92 Å². The third-order valence-electron chi connectivity index (χ3n) is 5.41. The van der Waals surface area contributed by atoms with Gasteiger partial charge in [-0.05, 0) is 63.0 Å². The molecule has 2 aliphatic carbocycles. The molecule has 0 aliphatic heterocycles. The maximum absolute atomic E-state index is 12.4. The molecule has 0 aromatic heterocycles. The molecule has 0 radical (unpaired) electrons. The van der Waals surface area contributed by atoms with Crippen LogP contribution >= 0.6 is 0 Å². The quantitative estimate of drug-likeness (QED) is 0.885. The van der Waals surface area contributed by atoms with Crippen LogP contribution in [0.25, 0.3) is 0 Å². The molecule has 0 saturated heterocycles. The number of hydrogen-bond acceptors (Lipinski definition) is 3. The highest BCUT2D eigenvalue weighted by atomic mass is 32.2. The minimum atomic E-state index is -3.46. The van der Waals surface area contributed by atoms with Crippen LogP contribution in [0.2, 0.25) is 0 Å². The SMILES string of the molecule is Cc1ccc(S(=O)(=O)NC2CC3(CCC(C(=O)O)CC3)C2)cc1. The molecule has 2 fully saturated rings. The lowest BCUT2D eigenvalue weighted by Gasteiger charge is -2.51. The third kappa shape index (κ3) is 3.43. The molecule has 2 aliphatic rings. The van der Waals surface area contributed by atoms with E-state index in [1.54, 1.807) is 24.3 Å². The van der Waals surface area contributed by atoms with Gasteiger partial charge in [0.15, 0.2) is 0 Å². The summed E-state index contributed by atoms with van der Waals surface area (Å²) in [6.45, 7) is 1.92. The van der Waals surface area contributed by atoms with Gasteiger partial charge < -0.3 is 5.11 Å². The number of rotatable bonds is 4. The average Bonchev–Trinajstić information content (AvgIpc) is 2.46. The van der Waals surface area contributed by atoms with E-state index in [9.17, 15) is 13.2 Å². The zero-order valence-electron chi connectivity index (χ0n) is 13.3. The van der Waals surface area contributed by atoms with Crippen LogP contribution in [0.4, 0.5) is 0 Å². The lowest BCUT2D eigenvalue weighted by molar-refractivity contribution is -0.144. The van der Waals surface area contributed by atoms with Gasteiger partial charge in [0.1, 0.15) is 0 Å². The molecule has 0 unspecified atom stereocenters. The smallest absolute Gasteiger partial charge is 0.306 e. The Bertz CT molecular complexity index is 680. The van der Waals surface area contributed by atoms with Crippen LogP contribution in [0.15, 0.2) is 29.2 Å². The normalized spacial score (nSPS) is 30.8. The molecule has 6 heteroatoms. The van der Waals surface area contributed by atoms with E-state index in [0.717, 1.165) is 31.2 Å². The Hall–Kier alpha value is -1.40. The van der Waals surface area contributed by atoms with Gasteiger partial charge in [0, 0.05) is 6.04 Å². The second-order valence-electron chi connectivity index (χ2n) is 7.15. The van der Waals surface area contributed by atoms with Crippen molar-refractivity contribution in [1.29, 1.82) is 0 Å². The van der Waals surface area contributed by atoms with E-state index in [0.29, 0.717) is 17.7 Å². The van der Waals surface area contributed by atoms with Crippen LogP contribution in [-0.4, -0.2) is 25.5 Å². The predicted molar refractivity (Wildman–Crippen MR) is 86.5 cm³/mol. The number of aliphatic carboxylic acids is 1. The molecule has 1 aromatic rings. The number of nitrogens with one attached hydrogen (secondary N) is 1. The molecule has 0 heterocycles. The highest BCUT2D eigenvalue weighted by Crippen LogP contribution is 2.53. The number of benzene rings is 1. The highest BCUT2D eigenvalue weighted by molar-refractivity contribution is 7.89. The Morgan fingerprint density at radius 3 is 2.26 bits per heavy atom. The van der Waals surface area contributed by atoms with E-state index >= 15 is 0 Å². The second-order valence-corrected chi connectivity index (χ2v) is 8.87. The molecule has 0 atom stereocenters. The van der Waals surface area contributed by atoms with E-state index in [1.165, 1.54) is 0 Å².